The van der Waals surface area contributed by atoms with Gasteiger partial charge in [0.25, 0.3) is 5.91 Å². The van der Waals surface area contributed by atoms with Crippen LogP contribution < -0.4 is 11.1 Å². The summed E-state index contributed by atoms with van der Waals surface area (Å²) in [5.41, 5.74) is 6.35. The van der Waals surface area contributed by atoms with Crippen LogP contribution in [0.15, 0.2) is 0 Å². The monoisotopic (exact) mass is 267 g/mol. The van der Waals surface area contributed by atoms with Crippen LogP contribution >= 0.6 is 11.3 Å². The van der Waals surface area contributed by atoms with Crippen molar-refractivity contribution in [2.24, 2.45) is 5.92 Å². The molecular formula is C13H21N3OS. The van der Waals surface area contributed by atoms with Crippen LogP contribution in [0.3, 0.4) is 0 Å². The van der Waals surface area contributed by atoms with Crippen molar-refractivity contribution < 1.29 is 4.79 Å². The zero-order valence-electron chi connectivity index (χ0n) is 11.0. The zero-order chi connectivity index (χ0) is 13.1. The lowest BCUT2D eigenvalue weighted by Gasteiger charge is -2.28. The maximum Gasteiger partial charge on any atom is 0.263 e. The highest BCUT2D eigenvalue weighted by Crippen LogP contribution is 2.27. The summed E-state index contributed by atoms with van der Waals surface area (Å²) in [6.07, 6.45) is 5.90. The third-order valence-corrected chi connectivity index (χ3v) is 4.76. The highest BCUT2D eigenvalue weighted by Gasteiger charge is 2.23. The molecule has 1 aromatic heterocycles. The summed E-state index contributed by atoms with van der Waals surface area (Å²) in [6, 6.07) is 0.322. The number of anilines is 1. The average molecular weight is 267 g/mol. The van der Waals surface area contributed by atoms with Crippen LogP contribution in [-0.2, 0) is 0 Å². The predicted octanol–water partition coefficient (Wildman–Crippen LogP) is 2.73. The maximum atomic E-state index is 12.1. The minimum absolute atomic E-state index is 0.0124. The third kappa shape index (κ3) is 3.02. The van der Waals surface area contributed by atoms with Gasteiger partial charge in [0.05, 0.1) is 5.69 Å². The Hall–Kier alpha value is -1.10. The quantitative estimate of drug-likeness (QED) is 0.884. The molecule has 1 amide bonds. The van der Waals surface area contributed by atoms with E-state index in [1.807, 2.05) is 6.92 Å². The molecule has 1 aliphatic rings. The molecule has 1 fully saturated rings. The number of rotatable bonds is 3. The number of aromatic nitrogens is 1. The van der Waals surface area contributed by atoms with Crippen molar-refractivity contribution in [3.05, 3.63) is 10.6 Å². The minimum Gasteiger partial charge on any atom is -0.375 e. The molecule has 4 nitrogen and oxygen atoms in total. The van der Waals surface area contributed by atoms with E-state index < -0.39 is 0 Å². The van der Waals surface area contributed by atoms with Gasteiger partial charge >= 0.3 is 0 Å². The number of thiazole rings is 1. The van der Waals surface area contributed by atoms with Gasteiger partial charge in [0, 0.05) is 6.04 Å². The second-order valence-electron chi connectivity index (χ2n) is 5.07. The van der Waals surface area contributed by atoms with Gasteiger partial charge in [0.15, 0.2) is 5.13 Å². The van der Waals surface area contributed by atoms with E-state index in [4.69, 9.17) is 5.73 Å². The second kappa shape index (κ2) is 5.69. The topological polar surface area (TPSA) is 68.0 Å². The number of amides is 1. The normalized spacial score (nSPS) is 23.9. The number of hydrogen-bond donors (Lipinski definition) is 2. The highest BCUT2D eigenvalue weighted by molar-refractivity contribution is 7.17. The fourth-order valence-electron chi connectivity index (χ4n) is 2.59. The molecule has 0 saturated heterocycles. The number of nitrogens with one attached hydrogen (secondary N) is 1. The Labute approximate surface area is 112 Å². The Morgan fingerprint density at radius 1 is 1.44 bits per heavy atom. The largest absolute Gasteiger partial charge is 0.375 e. The molecule has 0 aliphatic heterocycles. The molecule has 2 rings (SSSR count). The summed E-state index contributed by atoms with van der Waals surface area (Å²) in [5, 5.41) is 3.58. The van der Waals surface area contributed by atoms with E-state index in [9.17, 15) is 4.79 Å². The van der Waals surface area contributed by atoms with E-state index in [2.05, 4.69) is 17.2 Å². The molecule has 0 bridgehead atoms. The van der Waals surface area contributed by atoms with E-state index >= 15 is 0 Å². The lowest BCUT2D eigenvalue weighted by atomic mass is 9.84. The van der Waals surface area contributed by atoms with Gasteiger partial charge in [-0.3, -0.25) is 4.79 Å². The molecule has 1 aromatic rings. The summed E-state index contributed by atoms with van der Waals surface area (Å²) < 4.78 is 0. The molecule has 1 heterocycles. The Morgan fingerprint density at radius 2 is 2.11 bits per heavy atom. The van der Waals surface area contributed by atoms with Crippen molar-refractivity contribution in [3.8, 4) is 0 Å². The van der Waals surface area contributed by atoms with Gasteiger partial charge in [-0.2, -0.15) is 0 Å². The molecule has 0 aromatic carbocycles. The molecule has 0 radical (unpaired) electrons. The van der Waals surface area contributed by atoms with Crippen LogP contribution in [0.4, 0.5) is 5.13 Å². The molecule has 1 aliphatic carbocycles. The molecule has 0 spiro atoms. The van der Waals surface area contributed by atoms with Crippen molar-refractivity contribution in [1.29, 1.82) is 0 Å². The number of nitrogens with two attached hydrogens (primary N) is 1. The van der Waals surface area contributed by atoms with E-state index in [-0.39, 0.29) is 5.91 Å². The Morgan fingerprint density at radius 3 is 2.61 bits per heavy atom. The maximum absolute atomic E-state index is 12.1. The molecule has 3 N–H and O–H groups in total. The van der Waals surface area contributed by atoms with E-state index in [1.54, 1.807) is 0 Å². The average Bonchev–Trinajstić information content (AvgIpc) is 2.69. The van der Waals surface area contributed by atoms with Crippen molar-refractivity contribution in [1.82, 2.24) is 10.3 Å². The first-order valence-electron chi connectivity index (χ1n) is 6.64. The summed E-state index contributed by atoms with van der Waals surface area (Å²) in [4.78, 5) is 16.8. The molecular weight excluding hydrogens is 246 g/mol. The van der Waals surface area contributed by atoms with Crippen molar-refractivity contribution in [2.75, 3.05) is 5.73 Å². The molecule has 18 heavy (non-hydrogen) atoms. The molecule has 0 atom stereocenters. The van der Waals surface area contributed by atoms with Crippen LogP contribution in [0.25, 0.3) is 0 Å². The Balaban J connectivity index is 1.90. The van der Waals surface area contributed by atoms with E-state index in [0.717, 1.165) is 24.5 Å². The van der Waals surface area contributed by atoms with Gasteiger partial charge in [-0.1, -0.05) is 24.7 Å². The van der Waals surface area contributed by atoms with Crippen molar-refractivity contribution in [3.63, 3.8) is 0 Å². The van der Waals surface area contributed by atoms with Gasteiger partial charge in [0.2, 0.25) is 0 Å². The van der Waals surface area contributed by atoms with Crippen molar-refractivity contribution in [2.45, 2.75) is 52.0 Å². The van der Waals surface area contributed by atoms with E-state index in [0.29, 0.717) is 16.1 Å². The number of nitrogens with zero attached hydrogens (tertiary/aromatic N) is 1. The van der Waals surface area contributed by atoms with Gasteiger partial charge in [-0.25, -0.2) is 4.98 Å². The smallest absolute Gasteiger partial charge is 0.263 e. The first-order valence-corrected chi connectivity index (χ1v) is 7.45. The molecule has 100 valence electrons. The lowest BCUT2D eigenvalue weighted by Crippen LogP contribution is -2.37. The second-order valence-corrected chi connectivity index (χ2v) is 6.10. The Bertz CT molecular complexity index is 422. The van der Waals surface area contributed by atoms with Gasteiger partial charge < -0.3 is 11.1 Å². The van der Waals surface area contributed by atoms with Gasteiger partial charge in [-0.05, 0) is 38.5 Å². The van der Waals surface area contributed by atoms with Crippen LogP contribution in [0.5, 0.6) is 0 Å². The Kier molecular flexibility index (Phi) is 4.22. The van der Waals surface area contributed by atoms with Gasteiger partial charge in [0.1, 0.15) is 4.88 Å². The minimum atomic E-state index is -0.0124. The fraction of sp³-hybridized carbons (Fsp3) is 0.692. The highest BCUT2D eigenvalue weighted by atomic mass is 32.1. The number of carbonyl (C=O) groups excluding carboxylic acids is 1. The number of carbonyl (C=O) groups is 1. The SMILES string of the molecule is CCC1CCC(NC(=O)c2sc(N)nc2C)CC1. The van der Waals surface area contributed by atoms with E-state index in [1.165, 1.54) is 30.6 Å². The van der Waals surface area contributed by atoms with Gasteiger partial charge in [-0.15, -0.1) is 0 Å². The van der Waals surface area contributed by atoms with Crippen molar-refractivity contribution >= 4 is 22.4 Å². The molecule has 5 heteroatoms. The number of aryl methyl sites for hydroxylation is 1. The third-order valence-electron chi connectivity index (χ3n) is 3.78. The summed E-state index contributed by atoms with van der Waals surface area (Å²) >= 11 is 1.27. The fourth-order valence-corrected chi connectivity index (χ4v) is 3.33. The van der Waals surface area contributed by atoms with Crippen LogP contribution in [0.1, 0.15) is 54.4 Å². The number of nitrogen functional groups attached to an aromatic ring is 1. The first-order chi connectivity index (χ1) is 8.60. The summed E-state index contributed by atoms with van der Waals surface area (Å²) in [5.74, 6) is 0.834. The summed E-state index contributed by atoms with van der Waals surface area (Å²) in [6.45, 7) is 4.07. The first kappa shape index (κ1) is 13.3. The lowest BCUT2D eigenvalue weighted by molar-refractivity contribution is 0.0925. The van der Waals surface area contributed by atoms with Crippen LogP contribution in [-0.4, -0.2) is 16.9 Å². The molecule has 1 saturated carbocycles. The summed E-state index contributed by atoms with van der Waals surface area (Å²) in [7, 11) is 0. The van der Waals surface area contributed by atoms with Crippen LogP contribution in [0, 0.1) is 12.8 Å². The zero-order valence-corrected chi connectivity index (χ0v) is 11.8. The predicted molar refractivity (Wildman–Crippen MR) is 74.8 cm³/mol. The van der Waals surface area contributed by atoms with Crippen LogP contribution in [0.2, 0.25) is 0 Å². The molecule has 0 unspecified atom stereocenters. The number of hydrogen-bond acceptors (Lipinski definition) is 4. The standard InChI is InChI=1S/C13H21N3OS/c1-3-9-4-6-10(7-5-9)16-12(17)11-8(2)15-13(14)18-11/h9-10H,3-7H2,1-2H3,(H2,14,15)(H,16,17).